The van der Waals surface area contributed by atoms with Gasteiger partial charge < -0.3 is 19.1 Å². The molecule has 0 fully saturated rings. The van der Waals surface area contributed by atoms with Gasteiger partial charge in [-0.2, -0.15) is 0 Å². The highest BCUT2D eigenvalue weighted by molar-refractivity contribution is 6.03. The molecule has 0 radical (unpaired) electrons. The molecule has 6 heteroatoms. The number of aryl methyl sites for hydroxylation is 1. The first-order chi connectivity index (χ1) is 11.4. The van der Waals surface area contributed by atoms with E-state index in [1.165, 1.54) is 14.2 Å². The number of hydrogen-bond donors (Lipinski definition) is 0. The van der Waals surface area contributed by atoms with E-state index in [1.54, 1.807) is 4.90 Å². The summed E-state index contributed by atoms with van der Waals surface area (Å²) in [5, 5.41) is 0. The fourth-order valence-electron chi connectivity index (χ4n) is 2.61. The van der Waals surface area contributed by atoms with Crippen LogP contribution in [0.2, 0.25) is 0 Å². The number of carbonyl (C=O) groups excluding carboxylic acids is 2. The zero-order valence-electron chi connectivity index (χ0n) is 14.7. The van der Waals surface area contributed by atoms with Crippen molar-refractivity contribution in [2.45, 2.75) is 26.7 Å². The minimum atomic E-state index is -0.599. The van der Waals surface area contributed by atoms with Gasteiger partial charge in [0.1, 0.15) is 12.4 Å². The summed E-state index contributed by atoms with van der Waals surface area (Å²) in [6.45, 7) is 6.31. The summed E-state index contributed by atoms with van der Waals surface area (Å²) < 4.78 is 15.2. The van der Waals surface area contributed by atoms with Gasteiger partial charge in [0.25, 0.3) is 0 Å². The molecule has 0 unspecified atom stereocenters. The van der Waals surface area contributed by atoms with E-state index in [9.17, 15) is 9.59 Å². The number of hydrogen-bond acceptors (Lipinski definition) is 6. The lowest BCUT2D eigenvalue weighted by Crippen LogP contribution is -2.39. The van der Waals surface area contributed by atoms with Crippen molar-refractivity contribution in [3.63, 3.8) is 0 Å². The maximum atomic E-state index is 12.3. The van der Waals surface area contributed by atoms with Crippen LogP contribution in [-0.2, 0) is 23.8 Å². The first kappa shape index (κ1) is 18.0. The van der Waals surface area contributed by atoms with Crippen molar-refractivity contribution in [1.82, 2.24) is 0 Å². The summed E-state index contributed by atoms with van der Waals surface area (Å²) >= 11 is 0. The van der Waals surface area contributed by atoms with Gasteiger partial charge in [-0.3, -0.25) is 0 Å². The summed E-state index contributed by atoms with van der Waals surface area (Å²) in [6, 6.07) is 6.05. The summed E-state index contributed by atoms with van der Waals surface area (Å²) in [4.78, 5) is 26.0. The van der Waals surface area contributed by atoms with Gasteiger partial charge in [0, 0.05) is 5.69 Å². The Morgan fingerprint density at radius 2 is 1.83 bits per heavy atom. The Labute approximate surface area is 142 Å². The van der Waals surface area contributed by atoms with E-state index in [4.69, 9.17) is 14.2 Å². The molecule has 1 heterocycles. The monoisotopic (exact) mass is 333 g/mol. The third-order valence-corrected chi connectivity index (χ3v) is 4.02. The van der Waals surface area contributed by atoms with Crippen LogP contribution in [0.15, 0.2) is 29.5 Å². The lowest BCUT2D eigenvalue weighted by atomic mass is 9.99. The first-order valence-corrected chi connectivity index (χ1v) is 7.76. The molecule has 1 aromatic carbocycles. The standard InChI is InChI=1S/C18H23NO5/c1-11(2)13-7-6-12(3)15(8-13)19-10-24-9-14(17(20)22-4)16(19)18(21)23-5/h6-8,11H,9-10H2,1-5H3. The van der Waals surface area contributed by atoms with Crippen LogP contribution < -0.4 is 4.90 Å². The largest absolute Gasteiger partial charge is 0.466 e. The molecule has 0 aromatic heterocycles. The van der Waals surface area contributed by atoms with Gasteiger partial charge in [-0.05, 0) is 30.0 Å². The molecule has 0 N–H and O–H groups in total. The van der Waals surface area contributed by atoms with E-state index < -0.39 is 11.9 Å². The topological polar surface area (TPSA) is 65.1 Å². The van der Waals surface area contributed by atoms with Gasteiger partial charge in [0.05, 0.1) is 26.4 Å². The Morgan fingerprint density at radius 3 is 2.42 bits per heavy atom. The van der Waals surface area contributed by atoms with Crippen LogP contribution in [0.3, 0.4) is 0 Å². The molecule has 1 aromatic rings. The Balaban J connectivity index is 2.61. The quantitative estimate of drug-likeness (QED) is 0.789. The predicted octanol–water partition coefficient (Wildman–Crippen LogP) is 2.51. The maximum absolute atomic E-state index is 12.3. The fraction of sp³-hybridized carbons (Fsp3) is 0.444. The molecule has 130 valence electrons. The molecular weight excluding hydrogens is 310 g/mol. The first-order valence-electron chi connectivity index (χ1n) is 7.76. The van der Waals surface area contributed by atoms with Gasteiger partial charge >= 0.3 is 11.9 Å². The van der Waals surface area contributed by atoms with E-state index in [-0.39, 0.29) is 24.6 Å². The van der Waals surface area contributed by atoms with E-state index >= 15 is 0 Å². The smallest absolute Gasteiger partial charge is 0.355 e. The molecule has 0 saturated carbocycles. The van der Waals surface area contributed by atoms with E-state index in [0.717, 1.165) is 16.8 Å². The van der Waals surface area contributed by atoms with Crippen molar-refractivity contribution < 1.29 is 23.8 Å². The molecule has 0 atom stereocenters. The maximum Gasteiger partial charge on any atom is 0.355 e. The number of esters is 2. The van der Waals surface area contributed by atoms with Crippen LogP contribution >= 0.6 is 0 Å². The van der Waals surface area contributed by atoms with E-state index in [0.29, 0.717) is 5.92 Å². The third kappa shape index (κ3) is 3.43. The Kier molecular flexibility index (Phi) is 5.62. The second-order valence-electron chi connectivity index (χ2n) is 5.92. The number of carbonyl (C=O) groups is 2. The summed E-state index contributed by atoms with van der Waals surface area (Å²) in [7, 11) is 2.56. The zero-order chi connectivity index (χ0) is 17.9. The molecule has 0 aliphatic carbocycles. The van der Waals surface area contributed by atoms with Crippen molar-refractivity contribution in [2.75, 3.05) is 32.5 Å². The lowest BCUT2D eigenvalue weighted by molar-refractivity contribution is -0.140. The normalized spacial score (nSPS) is 14.8. The van der Waals surface area contributed by atoms with Crippen LogP contribution in [0.1, 0.15) is 30.9 Å². The molecule has 24 heavy (non-hydrogen) atoms. The second-order valence-corrected chi connectivity index (χ2v) is 5.92. The molecule has 0 amide bonds. The number of nitrogens with zero attached hydrogens (tertiary/aromatic N) is 1. The average Bonchev–Trinajstić information content (AvgIpc) is 2.59. The van der Waals surface area contributed by atoms with Crippen molar-refractivity contribution in [1.29, 1.82) is 0 Å². The van der Waals surface area contributed by atoms with Crippen LogP contribution in [0, 0.1) is 6.92 Å². The van der Waals surface area contributed by atoms with Crippen LogP contribution in [0.5, 0.6) is 0 Å². The van der Waals surface area contributed by atoms with Gasteiger partial charge in [0.2, 0.25) is 0 Å². The summed E-state index contributed by atoms with van der Waals surface area (Å²) in [5.74, 6) is -0.855. The zero-order valence-corrected chi connectivity index (χ0v) is 14.7. The van der Waals surface area contributed by atoms with Crippen molar-refractivity contribution >= 4 is 17.6 Å². The minimum absolute atomic E-state index is 0.0104. The molecule has 0 spiro atoms. The SMILES string of the molecule is COC(=O)C1=C(C(=O)OC)N(c2cc(C(C)C)ccc2C)COC1. The number of anilines is 1. The average molecular weight is 333 g/mol. The molecule has 2 rings (SSSR count). The summed E-state index contributed by atoms with van der Waals surface area (Å²) in [5.41, 5.74) is 3.23. The number of benzene rings is 1. The molecule has 1 aliphatic rings. The van der Waals surface area contributed by atoms with Gasteiger partial charge in [-0.25, -0.2) is 9.59 Å². The van der Waals surface area contributed by atoms with Crippen LogP contribution in [0.25, 0.3) is 0 Å². The minimum Gasteiger partial charge on any atom is -0.466 e. The van der Waals surface area contributed by atoms with Gasteiger partial charge in [0.15, 0.2) is 0 Å². The number of ether oxygens (including phenoxy) is 3. The fourth-order valence-corrected chi connectivity index (χ4v) is 2.61. The second kappa shape index (κ2) is 7.49. The van der Waals surface area contributed by atoms with Gasteiger partial charge in [-0.15, -0.1) is 0 Å². The summed E-state index contributed by atoms with van der Waals surface area (Å²) in [6.07, 6.45) is 0. The van der Waals surface area contributed by atoms with Crippen LogP contribution in [-0.4, -0.2) is 39.5 Å². The highest BCUT2D eigenvalue weighted by atomic mass is 16.5. The number of methoxy groups -OCH3 is 2. The molecule has 0 saturated heterocycles. The Bertz CT molecular complexity index is 678. The highest BCUT2D eigenvalue weighted by Gasteiger charge is 2.33. The van der Waals surface area contributed by atoms with Crippen molar-refractivity contribution in [2.24, 2.45) is 0 Å². The van der Waals surface area contributed by atoms with Crippen molar-refractivity contribution in [3.05, 3.63) is 40.6 Å². The predicted molar refractivity (Wildman–Crippen MR) is 89.6 cm³/mol. The molecule has 1 aliphatic heterocycles. The van der Waals surface area contributed by atoms with Crippen LogP contribution in [0.4, 0.5) is 5.69 Å². The van der Waals surface area contributed by atoms with E-state index in [2.05, 4.69) is 19.9 Å². The number of rotatable bonds is 4. The molecule has 0 bridgehead atoms. The van der Waals surface area contributed by atoms with Crippen molar-refractivity contribution in [3.8, 4) is 0 Å². The Hall–Kier alpha value is -2.34. The lowest BCUT2D eigenvalue weighted by Gasteiger charge is -2.32. The Morgan fingerprint density at radius 1 is 1.17 bits per heavy atom. The molecular formula is C18H23NO5. The van der Waals surface area contributed by atoms with Gasteiger partial charge in [-0.1, -0.05) is 26.0 Å². The van der Waals surface area contributed by atoms with E-state index in [1.807, 2.05) is 19.1 Å². The molecule has 6 nitrogen and oxygen atoms in total. The third-order valence-electron chi connectivity index (χ3n) is 4.02. The highest BCUT2D eigenvalue weighted by Crippen LogP contribution is 2.31.